The first-order chi connectivity index (χ1) is 12.0. The van der Waals surface area contributed by atoms with Gasteiger partial charge < -0.3 is 11.1 Å². The molecule has 130 valence electrons. The van der Waals surface area contributed by atoms with Crippen LogP contribution in [0.3, 0.4) is 0 Å². The highest BCUT2D eigenvalue weighted by Crippen LogP contribution is 2.59. The van der Waals surface area contributed by atoms with Gasteiger partial charge >= 0.3 is 0 Å². The first-order valence-corrected chi connectivity index (χ1v) is 8.41. The highest BCUT2D eigenvalue weighted by molar-refractivity contribution is 5.98. The molecule has 1 spiro atoms. The quantitative estimate of drug-likeness (QED) is 0.660. The lowest BCUT2D eigenvalue weighted by Crippen LogP contribution is -2.21. The molecule has 25 heavy (non-hydrogen) atoms. The second-order valence-electron chi connectivity index (χ2n) is 7.12. The van der Waals surface area contributed by atoms with Crippen LogP contribution in [0.5, 0.6) is 0 Å². The van der Waals surface area contributed by atoms with Gasteiger partial charge in [-0.15, -0.1) is 0 Å². The number of rotatable bonds is 4. The summed E-state index contributed by atoms with van der Waals surface area (Å²) in [6.07, 6.45) is 8.69. The van der Waals surface area contributed by atoms with Gasteiger partial charge in [0.05, 0.1) is 6.04 Å². The van der Waals surface area contributed by atoms with E-state index in [9.17, 15) is 9.18 Å². The molecule has 2 aliphatic rings. The van der Waals surface area contributed by atoms with Gasteiger partial charge in [-0.25, -0.2) is 4.98 Å². The molecule has 2 heterocycles. The Morgan fingerprint density at radius 1 is 1.44 bits per heavy atom. The number of halogens is 1. The van der Waals surface area contributed by atoms with Gasteiger partial charge in [0.2, 0.25) is 5.95 Å². The molecule has 7 heteroatoms. The largest absolute Gasteiger partial charge is 0.365 e. The average molecular weight is 341 g/mol. The maximum Gasteiger partial charge on any atom is 0.254 e. The summed E-state index contributed by atoms with van der Waals surface area (Å²) in [5.41, 5.74) is 7.84. The maximum absolute atomic E-state index is 13.3. The van der Waals surface area contributed by atoms with Crippen LogP contribution < -0.4 is 11.1 Å². The molecule has 6 nitrogen and oxygen atoms in total. The third kappa shape index (κ3) is 3.01. The predicted octanol–water partition coefficient (Wildman–Crippen LogP) is 3.32. The minimum atomic E-state index is -0.611. The number of carbonyl (C=O) groups excluding carboxylic acids is 1. The van der Waals surface area contributed by atoms with Gasteiger partial charge in [0.25, 0.3) is 5.91 Å². The zero-order chi connectivity index (χ0) is 17.6. The Morgan fingerprint density at radius 2 is 2.24 bits per heavy atom. The molecule has 1 amide bonds. The van der Waals surface area contributed by atoms with E-state index in [1.165, 1.54) is 25.1 Å². The fourth-order valence-corrected chi connectivity index (χ4v) is 3.70. The fourth-order valence-electron chi connectivity index (χ4n) is 3.70. The SMILES string of the molecule is C=C1CC2(CC[C@H]1n1cc(C(N)=O)c(Nc3ccnc(F)c3)n1)CC2. The molecule has 2 aromatic heterocycles. The molecule has 0 aliphatic heterocycles. The normalized spacial score (nSPS) is 21.3. The summed E-state index contributed by atoms with van der Waals surface area (Å²) in [5.74, 6) is -0.874. The molecule has 0 unspecified atom stereocenters. The number of nitrogens with one attached hydrogen (secondary N) is 1. The smallest absolute Gasteiger partial charge is 0.254 e. The van der Waals surface area contributed by atoms with Gasteiger partial charge in [-0.05, 0) is 43.6 Å². The Labute approximate surface area is 144 Å². The van der Waals surface area contributed by atoms with Crippen LogP contribution in [0.4, 0.5) is 15.9 Å². The van der Waals surface area contributed by atoms with E-state index in [1.54, 1.807) is 16.9 Å². The number of allylic oxidation sites excluding steroid dienone is 1. The number of aromatic nitrogens is 3. The van der Waals surface area contributed by atoms with Gasteiger partial charge in [0, 0.05) is 24.1 Å². The van der Waals surface area contributed by atoms with Crippen LogP contribution in [0, 0.1) is 11.4 Å². The lowest BCUT2D eigenvalue weighted by atomic mass is 9.80. The van der Waals surface area contributed by atoms with Crippen molar-refractivity contribution in [1.82, 2.24) is 14.8 Å². The molecular weight excluding hydrogens is 321 g/mol. The summed E-state index contributed by atoms with van der Waals surface area (Å²) in [7, 11) is 0. The Bertz CT molecular complexity index is 855. The number of hydrogen-bond donors (Lipinski definition) is 2. The van der Waals surface area contributed by atoms with E-state index in [-0.39, 0.29) is 11.6 Å². The van der Waals surface area contributed by atoms with Crippen LogP contribution in [0.15, 0.2) is 36.7 Å². The van der Waals surface area contributed by atoms with Crippen molar-refractivity contribution in [1.29, 1.82) is 0 Å². The summed E-state index contributed by atoms with van der Waals surface area (Å²) in [5, 5.41) is 7.45. The third-order valence-electron chi connectivity index (χ3n) is 5.28. The van der Waals surface area contributed by atoms with Crippen molar-refractivity contribution >= 4 is 17.4 Å². The van der Waals surface area contributed by atoms with E-state index >= 15 is 0 Å². The Balaban J connectivity index is 1.61. The van der Waals surface area contributed by atoms with Crippen molar-refractivity contribution in [3.05, 3.63) is 48.2 Å². The van der Waals surface area contributed by atoms with Crippen LogP contribution in [0.1, 0.15) is 48.5 Å². The molecule has 2 aliphatic carbocycles. The maximum atomic E-state index is 13.3. The summed E-state index contributed by atoms with van der Waals surface area (Å²) < 4.78 is 15.0. The molecule has 2 fully saturated rings. The zero-order valence-corrected chi connectivity index (χ0v) is 13.8. The van der Waals surface area contributed by atoms with Crippen molar-refractivity contribution in [2.75, 3.05) is 5.32 Å². The first-order valence-electron chi connectivity index (χ1n) is 8.41. The number of primary amides is 1. The molecule has 0 bridgehead atoms. The highest BCUT2D eigenvalue weighted by atomic mass is 19.1. The van der Waals surface area contributed by atoms with E-state index in [2.05, 4.69) is 22.0 Å². The number of hydrogen-bond acceptors (Lipinski definition) is 4. The molecule has 4 rings (SSSR count). The molecule has 0 radical (unpaired) electrons. The summed E-state index contributed by atoms with van der Waals surface area (Å²) >= 11 is 0. The van der Waals surface area contributed by atoms with Gasteiger partial charge in [-0.1, -0.05) is 12.2 Å². The van der Waals surface area contributed by atoms with Crippen LogP contribution in [0.25, 0.3) is 0 Å². The van der Waals surface area contributed by atoms with E-state index in [0.717, 1.165) is 24.8 Å². The predicted molar refractivity (Wildman–Crippen MR) is 91.9 cm³/mol. The van der Waals surface area contributed by atoms with Crippen molar-refractivity contribution in [2.24, 2.45) is 11.1 Å². The fraction of sp³-hybridized carbons (Fsp3) is 0.389. The second-order valence-corrected chi connectivity index (χ2v) is 7.12. The molecule has 2 aromatic rings. The Morgan fingerprint density at radius 3 is 2.88 bits per heavy atom. The van der Waals surface area contributed by atoms with Gasteiger partial charge in [-0.2, -0.15) is 9.49 Å². The molecule has 2 saturated carbocycles. The standard InChI is InChI=1S/C18H20FN5O/c1-11-9-18(5-6-18)4-2-14(11)24-10-13(16(20)25)17(23-24)22-12-3-7-21-15(19)8-12/h3,7-8,10,14H,1-2,4-6,9H2,(H2,20,25)(H,21,22,23)/t14-/m1/s1. The van der Waals surface area contributed by atoms with Gasteiger partial charge in [0.1, 0.15) is 5.56 Å². The van der Waals surface area contributed by atoms with E-state index in [0.29, 0.717) is 16.9 Å². The van der Waals surface area contributed by atoms with Crippen molar-refractivity contribution in [3.8, 4) is 0 Å². The molecule has 3 N–H and O–H groups in total. The molecule has 0 aromatic carbocycles. The van der Waals surface area contributed by atoms with Gasteiger partial charge in [-0.3, -0.25) is 9.48 Å². The first kappa shape index (κ1) is 15.8. The number of amides is 1. The number of pyridine rings is 1. The van der Waals surface area contributed by atoms with Crippen molar-refractivity contribution in [3.63, 3.8) is 0 Å². The summed E-state index contributed by atoms with van der Waals surface area (Å²) in [4.78, 5) is 15.3. The van der Waals surface area contributed by atoms with Crippen molar-refractivity contribution in [2.45, 2.75) is 38.1 Å². The van der Waals surface area contributed by atoms with Crippen LogP contribution in [0.2, 0.25) is 0 Å². The minimum absolute atomic E-state index is 0.0639. The molecular formula is C18H20FN5O. The molecule has 0 saturated heterocycles. The van der Waals surface area contributed by atoms with E-state index < -0.39 is 11.9 Å². The lowest BCUT2D eigenvalue weighted by molar-refractivity contribution is 0.100. The Kier molecular flexibility index (Phi) is 3.59. The van der Waals surface area contributed by atoms with Crippen LogP contribution >= 0.6 is 0 Å². The average Bonchev–Trinajstić information content (AvgIpc) is 3.15. The third-order valence-corrected chi connectivity index (χ3v) is 5.28. The highest BCUT2D eigenvalue weighted by Gasteiger charge is 2.46. The number of nitrogens with two attached hydrogens (primary N) is 1. The monoisotopic (exact) mass is 341 g/mol. The minimum Gasteiger partial charge on any atom is -0.365 e. The van der Waals surface area contributed by atoms with Crippen molar-refractivity contribution < 1.29 is 9.18 Å². The zero-order valence-electron chi connectivity index (χ0n) is 13.8. The number of carbonyl (C=O) groups is 1. The van der Waals surface area contributed by atoms with Crippen LogP contribution in [-0.2, 0) is 0 Å². The topological polar surface area (TPSA) is 85.8 Å². The second kappa shape index (κ2) is 5.68. The van der Waals surface area contributed by atoms with E-state index in [1.807, 2.05) is 0 Å². The summed E-state index contributed by atoms with van der Waals surface area (Å²) in [6.45, 7) is 4.23. The lowest BCUT2D eigenvalue weighted by Gasteiger charge is -2.30. The Hall–Kier alpha value is -2.70. The van der Waals surface area contributed by atoms with Crippen LogP contribution in [-0.4, -0.2) is 20.7 Å². The summed E-state index contributed by atoms with van der Waals surface area (Å²) in [6, 6.07) is 2.90. The van der Waals surface area contributed by atoms with E-state index in [4.69, 9.17) is 5.73 Å². The van der Waals surface area contributed by atoms with Gasteiger partial charge in [0.15, 0.2) is 5.82 Å². The number of anilines is 2. The molecule has 1 atom stereocenters. The number of nitrogens with zero attached hydrogens (tertiary/aromatic N) is 3.